The molecule has 1 amide bonds. The number of benzene rings is 2. The lowest BCUT2D eigenvalue weighted by Crippen LogP contribution is -2.46. The molecule has 0 atom stereocenters. The molecule has 0 saturated carbocycles. The third-order valence-electron chi connectivity index (χ3n) is 5.58. The number of amides is 1. The Balaban J connectivity index is 1.62. The number of anilines is 1. The van der Waals surface area contributed by atoms with Crippen LogP contribution in [0.25, 0.3) is 0 Å². The largest absolute Gasteiger partial charge is 0.496 e. The third-order valence-corrected chi connectivity index (χ3v) is 6.25. The molecule has 1 fully saturated rings. The van der Waals surface area contributed by atoms with Crippen molar-refractivity contribution in [3.05, 3.63) is 76.8 Å². The van der Waals surface area contributed by atoms with Crippen LogP contribution in [0.15, 0.2) is 60.0 Å². The molecule has 2 aromatic carbocycles. The second kappa shape index (κ2) is 7.64. The smallest absolute Gasteiger partial charge is 0.257 e. The second-order valence-corrected chi connectivity index (χ2v) is 7.90. The van der Waals surface area contributed by atoms with E-state index in [4.69, 9.17) is 10.5 Å². The standard InChI is InChI=1S/C22H23N3O2S/c1-27-18-10-6-5-9-17(18)20(26)25-13-11-22(12-14-25,16-7-3-2-4-8-16)19-15-28-21(23)24-19/h2-10,15H,11-14H2,1H3,(H2,23,24). The normalized spacial score (nSPS) is 16.0. The van der Waals surface area contributed by atoms with Crippen molar-refractivity contribution >= 4 is 22.4 Å². The summed E-state index contributed by atoms with van der Waals surface area (Å²) in [7, 11) is 1.59. The van der Waals surface area contributed by atoms with Gasteiger partial charge in [0, 0.05) is 23.9 Å². The number of thiazole rings is 1. The molecule has 2 N–H and O–H groups in total. The number of nitrogens with two attached hydrogens (primary N) is 1. The summed E-state index contributed by atoms with van der Waals surface area (Å²) in [5.74, 6) is 0.622. The van der Waals surface area contributed by atoms with Gasteiger partial charge in [0.05, 0.1) is 18.4 Å². The van der Waals surface area contributed by atoms with Crippen molar-refractivity contribution in [2.24, 2.45) is 0 Å². The number of hydrogen-bond donors (Lipinski definition) is 1. The molecule has 2 heterocycles. The Labute approximate surface area is 168 Å². The van der Waals surface area contributed by atoms with Crippen LogP contribution in [0.3, 0.4) is 0 Å². The number of piperidine rings is 1. The van der Waals surface area contributed by atoms with Crippen LogP contribution in [0.2, 0.25) is 0 Å². The van der Waals surface area contributed by atoms with Gasteiger partial charge < -0.3 is 15.4 Å². The van der Waals surface area contributed by atoms with E-state index in [0.717, 1.165) is 18.5 Å². The van der Waals surface area contributed by atoms with Crippen molar-refractivity contribution in [2.75, 3.05) is 25.9 Å². The van der Waals surface area contributed by atoms with Gasteiger partial charge in [-0.1, -0.05) is 42.5 Å². The Morgan fingerprint density at radius 3 is 2.43 bits per heavy atom. The zero-order valence-corrected chi connectivity index (χ0v) is 16.6. The van der Waals surface area contributed by atoms with Gasteiger partial charge in [-0.25, -0.2) is 4.98 Å². The zero-order chi connectivity index (χ0) is 19.6. The number of para-hydroxylation sites is 1. The molecule has 0 bridgehead atoms. The Morgan fingerprint density at radius 2 is 1.79 bits per heavy atom. The van der Waals surface area contributed by atoms with E-state index in [-0.39, 0.29) is 11.3 Å². The topological polar surface area (TPSA) is 68.5 Å². The Morgan fingerprint density at radius 1 is 1.11 bits per heavy atom. The molecule has 28 heavy (non-hydrogen) atoms. The van der Waals surface area contributed by atoms with Gasteiger partial charge in [-0.15, -0.1) is 11.3 Å². The molecule has 4 rings (SSSR count). The minimum atomic E-state index is -0.215. The maximum Gasteiger partial charge on any atom is 0.257 e. The minimum Gasteiger partial charge on any atom is -0.496 e. The molecule has 3 aromatic rings. The highest BCUT2D eigenvalue weighted by Crippen LogP contribution is 2.42. The molecule has 144 valence electrons. The number of ether oxygens (including phenoxy) is 1. The van der Waals surface area contributed by atoms with Crippen molar-refractivity contribution in [3.8, 4) is 5.75 Å². The number of carbonyl (C=O) groups is 1. The molecular weight excluding hydrogens is 370 g/mol. The van der Waals surface area contributed by atoms with Crippen molar-refractivity contribution in [1.82, 2.24) is 9.88 Å². The van der Waals surface area contributed by atoms with E-state index < -0.39 is 0 Å². The van der Waals surface area contributed by atoms with E-state index in [1.165, 1.54) is 16.9 Å². The number of rotatable bonds is 4. The van der Waals surface area contributed by atoms with Gasteiger partial charge in [0.2, 0.25) is 0 Å². The first-order valence-electron chi connectivity index (χ1n) is 9.33. The summed E-state index contributed by atoms with van der Waals surface area (Å²) in [6, 6.07) is 17.8. The Bertz CT molecular complexity index is 963. The monoisotopic (exact) mass is 393 g/mol. The van der Waals surface area contributed by atoms with Crippen molar-refractivity contribution in [2.45, 2.75) is 18.3 Å². The van der Waals surface area contributed by atoms with Gasteiger partial charge in [0.1, 0.15) is 5.75 Å². The third kappa shape index (κ3) is 3.24. The molecule has 0 unspecified atom stereocenters. The van der Waals surface area contributed by atoms with Crippen LogP contribution in [-0.2, 0) is 5.41 Å². The van der Waals surface area contributed by atoms with Gasteiger partial charge in [-0.3, -0.25) is 4.79 Å². The van der Waals surface area contributed by atoms with Gasteiger partial charge in [-0.2, -0.15) is 0 Å². The van der Waals surface area contributed by atoms with E-state index >= 15 is 0 Å². The molecule has 0 aliphatic carbocycles. The van der Waals surface area contributed by atoms with E-state index in [0.29, 0.717) is 29.5 Å². The van der Waals surface area contributed by atoms with Crippen LogP contribution in [0.1, 0.15) is 34.5 Å². The van der Waals surface area contributed by atoms with Crippen LogP contribution in [0, 0.1) is 0 Å². The lowest BCUT2D eigenvalue weighted by Gasteiger charge is -2.41. The minimum absolute atomic E-state index is 0.0110. The molecule has 1 saturated heterocycles. The number of methoxy groups -OCH3 is 1. The average molecular weight is 394 g/mol. The van der Waals surface area contributed by atoms with E-state index in [9.17, 15) is 4.79 Å². The maximum atomic E-state index is 13.1. The molecule has 0 radical (unpaired) electrons. The highest BCUT2D eigenvalue weighted by Gasteiger charge is 2.41. The summed E-state index contributed by atoms with van der Waals surface area (Å²) >= 11 is 1.47. The molecule has 6 heteroatoms. The quantitative estimate of drug-likeness (QED) is 0.729. The first kappa shape index (κ1) is 18.5. The van der Waals surface area contributed by atoms with Crippen molar-refractivity contribution in [1.29, 1.82) is 0 Å². The molecule has 1 aromatic heterocycles. The van der Waals surface area contributed by atoms with Crippen molar-refractivity contribution in [3.63, 3.8) is 0 Å². The number of nitrogens with zero attached hydrogens (tertiary/aromatic N) is 2. The van der Waals surface area contributed by atoms with Gasteiger partial charge in [0.25, 0.3) is 5.91 Å². The number of nitrogen functional groups attached to an aromatic ring is 1. The van der Waals surface area contributed by atoms with Crippen LogP contribution < -0.4 is 10.5 Å². The number of aromatic nitrogens is 1. The highest BCUT2D eigenvalue weighted by molar-refractivity contribution is 7.13. The van der Waals surface area contributed by atoms with Gasteiger partial charge >= 0.3 is 0 Å². The van der Waals surface area contributed by atoms with Crippen LogP contribution in [-0.4, -0.2) is 36.0 Å². The molecule has 1 aliphatic heterocycles. The summed E-state index contributed by atoms with van der Waals surface area (Å²) < 4.78 is 5.37. The molecule has 0 spiro atoms. The highest BCUT2D eigenvalue weighted by atomic mass is 32.1. The van der Waals surface area contributed by atoms with E-state index in [2.05, 4.69) is 34.6 Å². The fourth-order valence-corrected chi connectivity index (χ4v) is 4.70. The van der Waals surface area contributed by atoms with Crippen LogP contribution >= 0.6 is 11.3 Å². The maximum absolute atomic E-state index is 13.1. The summed E-state index contributed by atoms with van der Waals surface area (Å²) in [5.41, 5.74) is 8.56. The average Bonchev–Trinajstić information content (AvgIpc) is 3.20. The van der Waals surface area contributed by atoms with Crippen LogP contribution in [0.4, 0.5) is 5.13 Å². The molecule has 1 aliphatic rings. The lowest BCUT2D eigenvalue weighted by atomic mass is 9.70. The number of hydrogen-bond acceptors (Lipinski definition) is 5. The van der Waals surface area contributed by atoms with Crippen LogP contribution in [0.5, 0.6) is 5.75 Å². The van der Waals surface area contributed by atoms with Gasteiger partial charge in [0.15, 0.2) is 5.13 Å². The summed E-state index contributed by atoms with van der Waals surface area (Å²) in [6.07, 6.45) is 1.61. The first-order chi connectivity index (χ1) is 13.6. The van der Waals surface area contributed by atoms with E-state index in [1.54, 1.807) is 7.11 Å². The number of carbonyl (C=O) groups excluding carboxylic acids is 1. The zero-order valence-electron chi connectivity index (χ0n) is 15.8. The second-order valence-electron chi connectivity index (χ2n) is 7.01. The Kier molecular flexibility index (Phi) is 5.05. The van der Waals surface area contributed by atoms with E-state index in [1.807, 2.05) is 35.2 Å². The van der Waals surface area contributed by atoms with Crippen molar-refractivity contribution < 1.29 is 9.53 Å². The predicted octanol–water partition coefficient (Wildman–Crippen LogP) is 3.96. The fraction of sp³-hybridized carbons (Fsp3) is 0.273. The number of likely N-dealkylation sites (tertiary alicyclic amines) is 1. The van der Waals surface area contributed by atoms with Gasteiger partial charge in [-0.05, 0) is 30.5 Å². The predicted molar refractivity (Wildman–Crippen MR) is 112 cm³/mol. The summed E-state index contributed by atoms with van der Waals surface area (Å²) in [4.78, 5) is 19.6. The lowest BCUT2D eigenvalue weighted by molar-refractivity contribution is 0.0681. The SMILES string of the molecule is COc1ccccc1C(=O)N1CCC(c2ccccc2)(c2csc(N)n2)CC1. The molecular formula is C22H23N3O2S. The first-order valence-corrected chi connectivity index (χ1v) is 10.2. The summed E-state index contributed by atoms with van der Waals surface area (Å²) in [5, 5.41) is 2.64. The molecule has 5 nitrogen and oxygen atoms in total. The summed E-state index contributed by atoms with van der Waals surface area (Å²) in [6.45, 7) is 1.31. The Hall–Kier alpha value is -2.86. The fourth-order valence-electron chi connectivity index (χ4n) is 4.04.